The molecule has 19 heavy (non-hydrogen) atoms. The second-order valence-corrected chi connectivity index (χ2v) is 5.39. The number of methoxy groups -OCH3 is 1. The van der Waals surface area contributed by atoms with Crippen LogP contribution in [0, 0.1) is 0 Å². The number of nitrogens with zero attached hydrogens (tertiary/aromatic N) is 1. The van der Waals surface area contributed by atoms with Gasteiger partial charge in [-0.2, -0.15) is 0 Å². The fourth-order valence-corrected chi connectivity index (χ4v) is 2.37. The Labute approximate surface area is 128 Å². The highest BCUT2D eigenvalue weighted by atomic mass is 79.9. The second kappa shape index (κ2) is 6.25. The van der Waals surface area contributed by atoms with Crippen molar-refractivity contribution in [2.45, 2.75) is 0 Å². The quantitative estimate of drug-likeness (QED) is 0.841. The number of nitrogens with one attached hydrogen (secondary N) is 1. The molecule has 0 aliphatic carbocycles. The number of rotatable bonds is 4. The van der Waals surface area contributed by atoms with Crippen molar-refractivity contribution in [2.24, 2.45) is 0 Å². The van der Waals surface area contributed by atoms with Gasteiger partial charge in [0.05, 0.1) is 34.1 Å². The van der Waals surface area contributed by atoms with E-state index in [1.807, 2.05) is 25.2 Å². The highest BCUT2D eigenvalue weighted by Crippen LogP contribution is 2.38. The van der Waals surface area contributed by atoms with Crippen LogP contribution in [-0.4, -0.2) is 19.1 Å². The lowest BCUT2D eigenvalue weighted by Crippen LogP contribution is -1.92. The van der Waals surface area contributed by atoms with E-state index in [1.165, 1.54) is 0 Å². The SMILES string of the molecule is CNc1cncc(Oc2cc(Br)c(OC)cc2Br)c1. The third-order valence-corrected chi connectivity index (χ3v) is 3.68. The van der Waals surface area contributed by atoms with Crippen LogP contribution in [0.5, 0.6) is 17.2 Å². The lowest BCUT2D eigenvalue weighted by atomic mass is 10.3. The molecule has 0 bridgehead atoms. The van der Waals surface area contributed by atoms with Gasteiger partial charge in [0.1, 0.15) is 17.2 Å². The number of hydrogen-bond acceptors (Lipinski definition) is 4. The second-order valence-electron chi connectivity index (χ2n) is 3.68. The maximum atomic E-state index is 5.80. The highest BCUT2D eigenvalue weighted by molar-refractivity contribution is 9.11. The Kier molecular flexibility index (Phi) is 4.66. The molecule has 0 amide bonds. The van der Waals surface area contributed by atoms with E-state index in [9.17, 15) is 0 Å². The summed E-state index contributed by atoms with van der Waals surface area (Å²) in [6, 6.07) is 5.56. The Bertz CT molecular complexity index is 591. The molecule has 1 N–H and O–H groups in total. The molecule has 0 fully saturated rings. The Morgan fingerprint density at radius 1 is 1.05 bits per heavy atom. The molecule has 2 rings (SSSR count). The smallest absolute Gasteiger partial charge is 0.147 e. The molecule has 4 nitrogen and oxygen atoms in total. The molecule has 2 aromatic rings. The largest absolute Gasteiger partial charge is 0.496 e. The number of aromatic nitrogens is 1. The summed E-state index contributed by atoms with van der Waals surface area (Å²) in [6.07, 6.45) is 3.39. The lowest BCUT2D eigenvalue weighted by molar-refractivity contribution is 0.409. The van der Waals surface area contributed by atoms with Crippen molar-refractivity contribution in [1.29, 1.82) is 0 Å². The summed E-state index contributed by atoms with van der Waals surface area (Å²) in [6.45, 7) is 0. The van der Waals surface area contributed by atoms with Gasteiger partial charge in [0.15, 0.2) is 0 Å². The minimum Gasteiger partial charge on any atom is -0.496 e. The molecule has 0 atom stereocenters. The molecule has 0 radical (unpaired) electrons. The first-order valence-electron chi connectivity index (χ1n) is 5.47. The van der Waals surface area contributed by atoms with Gasteiger partial charge in [-0.25, -0.2) is 0 Å². The third kappa shape index (κ3) is 3.39. The number of halogens is 2. The van der Waals surface area contributed by atoms with E-state index in [1.54, 1.807) is 19.5 Å². The molecule has 1 aromatic carbocycles. The highest BCUT2D eigenvalue weighted by Gasteiger charge is 2.09. The Morgan fingerprint density at radius 2 is 1.74 bits per heavy atom. The van der Waals surface area contributed by atoms with E-state index in [4.69, 9.17) is 9.47 Å². The van der Waals surface area contributed by atoms with E-state index >= 15 is 0 Å². The van der Waals surface area contributed by atoms with E-state index in [2.05, 4.69) is 42.2 Å². The number of anilines is 1. The monoisotopic (exact) mass is 386 g/mol. The molecule has 0 spiro atoms. The summed E-state index contributed by atoms with van der Waals surface area (Å²) in [5.41, 5.74) is 0.890. The van der Waals surface area contributed by atoms with E-state index < -0.39 is 0 Å². The van der Waals surface area contributed by atoms with Gasteiger partial charge in [0.25, 0.3) is 0 Å². The molecular formula is C13H12Br2N2O2. The standard InChI is InChI=1S/C13H12Br2N2O2/c1-16-8-3-9(7-17-6-8)19-13-5-10(14)12(18-2)4-11(13)15/h3-7,16H,1-2H3. The van der Waals surface area contributed by atoms with Crippen molar-refractivity contribution in [2.75, 3.05) is 19.5 Å². The Balaban J connectivity index is 2.30. The predicted molar refractivity (Wildman–Crippen MR) is 82.3 cm³/mol. The molecule has 1 aromatic heterocycles. The van der Waals surface area contributed by atoms with Crippen molar-refractivity contribution in [1.82, 2.24) is 4.98 Å². The first-order valence-corrected chi connectivity index (χ1v) is 7.06. The lowest BCUT2D eigenvalue weighted by Gasteiger charge is -2.11. The summed E-state index contributed by atoms with van der Waals surface area (Å²) in [5.74, 6) is 2.08. The molecule has 0 saturated carbocycles. The number of benzene rings is 1. The average molecular weight is 388 g/mol. The zero-order valence-corrected chi connectivity index (χ0v) is 13.6. The number of pyridine rings is 1. The maximum Gasteiger partial charge on any atom is 0.147 e. The Hall–Kier alpha value is -1.27. The fourth-order valence-electron chi connectivity index (χ4n) is 1.48. The summed E-state index contributed by atoms with van der Waals surface area (Å²) < 4.78 is 12.6. The molecular weight excluding hydrogens is 376 g/mol. The van der Waals surface area contributed by atoms with E-state index in [0.717, 1.165) is 20.4 Å². The van der Waals surface area contributed by atoms with Gasteiger partial charge in [-0.1, -0.05) is 0 Å². The average Bonchev–Trinajstić information content (AvgIpc) is 2.42. The van der Waals surface area contributed by atoms with Crippen LogP contribution in [-0.2, 0) is 0 Å². The molecule has 0 saturated heterocycles. The van der Waals surface area contributed by atoms with Crippen LogP contribution in [0.25, 0.3) is 0 Å². The zero-order valence-electron chi connectivity index (χ0n) is 10.4. The van der Waals surface area contributed by atoms with Gasteiger partial charge in [0.2, 0.25) is 0 Å². The van der Waals surface area contributed by atoms with Crippen LogP contribution in [0.3, 0.4) is 0 Å². The first kappa shape index (κ1) is 14.1. The summed E-state index contributed by atoms with van der Waals surface area (Å²) in [7, 11) is 3.45. The van der Waals surface area contributed by atoms with Gasteiger partial charge in [-0.3, -0.25) is 4.98 Å². The van der Waals surface area contributed by atoms with Crippen molar-refractivity contribution in [3.05, 3.63) is 39.5 Å². The molecule has 100 valence electrons. The van der Waals surface area contributed by atoms with Crippen LogP contribution in [0.15, 0.2) is 39.5 Å². The van der Waals surface area contributed by atoms with Crippen LogP contribution >= 0.6 is 31.9 Å². The molecule has 6 heteroatoms. The van der Waals surface area contributed by atoms with Crippen LogP contribution in [0.1, 0.15) is 0 Å². The van der Waals surface area contributed by atoms with Gasteiger partial charge in [-0.05, 0) is 44.0 Å². The first-order chi connectivity index (χ1) is 9.13. The van der Waals surface area contributed by atoms with Crippen molar-refractivity contribution < 1.29 is 9.47 Å². The topological polar surface area (TPSA) is 43.4 Å². The minimum atomic E-state index is 0.657. The van der Waals surface area contributed by atoms with Crippen LogP contribution < -0.4 is 14.8 Å². The normalized spacial score (nSPS) is 10.1. The summed E-state index contributed by atoms with van der Waals surface area (Å²) >= 11 is 6.88. The maximum absolute atomic E-state index is 5.80. The van der Waals surface area contributed by atoms with Gasteiger partial charge < -0.3 is 14.8 Å². The van der Waals surface area contributed by atoms with Crippen LogP contribution in [0.2, 0.25) is 0 Å². The van der Waals surface area contributed by atoms with Gasteiger partial charge in [-0.15, -0.1) is 0 Å². The zero-order chi connectivity index (χ0) is 13.8. The summed E-state index contributed by atoms with van der Waals surface area (Å²) in [5, 5.41) is 3.01. The molecule has 0 unspecified atom stereocenters. The molecule has 1 heterocycles. The minimum absolute atomic E-state index is 0.657. The Morgan fingerprint density at radius 3 is 2.42 bits per heavy atom. The van der Waals surface area contributed by atoms with E-state index in [0.29, 0.717) is 11.5 Å². The third-order valence-electron chi connectivity index (χ3n) is 2.44. The molecule has 0 aliphatic heterocycles. The van der Waals surface area contributed by atoms with Gasteiger partial charge >= 0.3 is 0 Å². The van der Waals surface area contributed by atoms with Gasteiger partial charge in [0, 0.05) is 13.1 Å². The van der Waals surface area contributed by atoms with E-state index in [-0.39, 0.29) is 0 Å². The van der Waals surface area contributed by atoms with Crippen molar-refractivity contribution in [3.63, 3.8) is 0 Å². The predicted octanol–water partition coefficient (Wildman–Crippen LogP) is 4.45. The summed E-state index contributed by atoms with van der Waals surface area (Å²) in [4.78, 5) is 4.10. The van der Waals surface area contributed by atoms with Crippen LogP contribution in [0.4, 0.5) is 5.69 Å². The number of ether oxygens (including phenoxy) is 2. The number of hydrogen-bond donors (Lipinski definition) is 1. The fraction of sp³-hybridized carbons (Fsp3) is 0.154. The van der Waals surface area contributed by atoms with Crippen molar-refractivity contribution >= 4 is 37.5 Å². The molecule has 0 aliphatic rings. The van der Waals surface area contributed by atoms with Crippen molar-refractivity contribution in [3.8, 4) is 17.2 Å².